The summed E-state index contributed by atoms with van der Waals surface area (Å²) >= 11 is 6.19. The monoisotopic (exact) mass is 473 g/mol. The van der Waals surface area contributed by atoms with Gasteiger partial charge in [0.05, 0.1) is 22.9 Å². The van der Waals surface area contributed by atoms with Crippen LogP contribution in [0.4, 0.5) is 5.69 Å². The summed E-state index contributed by atoms with van der Waals surface area (Å²) in [6.45, 7) is 0.0434. The molecule has 2 N–H and O–H groups in total. The van der Waals surface area contributed by atoms with Crippen LogP contribution in [-0.2, 0) is 9.59 Å². The number of ether oxygens (including phenoxy) is 1. The van der Waals surface area contributed by atoms with Crippen LogP contribution in [0.15, 0.2) is 53.4 Å². The molecule has 0 atom stereocenters. The number of thiocarbonyl (C=S) groups is 1. The molecule has 164 valence electrons. The van der Waals surface area contributed by atoms with Crippen LogP contribution >= 0.6 is 24.0 Å². The number of nitrogens with one attached hydrogen (secondary N) is 1. The van der Waals surface area contributed by atoms with Crippen molar-refractivity contribution in [2.75, 3.05) is 6.61 Å². The van der Waals surface area contributed by atoms with Gasteiger partial charge in [-0.25, -0.2) is 0 Å². The Morgan fingerprint density at radius 1 is 1.19 bits per heavy atom. The van der Waals surface area contributed by atoms with Crippen molar-refractivity contribution in [2.45, 2.75) is 6.42 Å². The first kappa shape index (κ1) is 22.9. The Morgan fingerprint density at radius 3 is 2.44 bits per heavy atom. The standard InChI is InChI=1S/C20H15N3O7S2/c24-17(25)9-10-30-15-7-1-12(2-8-15)11-16-19(27)22(20(31)32-16)21-18(26)13-3-5-14(6-4-13)23(28)29/h1-8,11H,9-10H2,(H,21,26)(H,24,25)/b16-11+. The second kappa shape index (κ2) is 10.0. The molecule has 12 heteroatoms. The topological polar surface area (TPSA) is 139 Å². The fourth-order valence-corrected chi connectivity index (χ4v) is 3.71. The molecule has 0 unspecified atom stereocenters. The number of benzene rings is 2. The van der Waals surface area contributed by atoms with E-state index in [-0.39, 0.29) is 28.6 Å². The van der Waals surface area contributed by atoms with Gasteiger partial charge in [0.2, 0.25) is 0 Å². The molecule has 1 aliphatic rings. The molecule has 3 rings (SSSR count). The van der Waals surface area contributed by atoms with Crippen LogP contribution in [0.25, 0.3) is 6.08 Å². The Hall–Kier alpha value is -3.77. The zero-order valence-corrected chi connectivity index (χ0v) is 17.9. The summed E-state index contributed by atoms with van der Waals surface area (Å²) in [5.74, 6) is -1.62. The molecule has 0 saturated carbocycles. The van der Waals surface area contributed by atoms with E-state index in [0.717, 1.165) is 16.8 Å². The number of nitro groups is 1. The number of carboxylic acid groups (broad SMARTS) is 1. The van der Waals surface area contributed by atoms with Gasteiger partial charge in [-0.2, -0.15) is 5.01 Å². The highest BCUT2D eigenvalue weighted by atomic mass is 32.2. The third-order valence-electron chi connectivity index (χ3n) is 4.11. The predicted molar refractivity (Wildman–Crippen MR) is 120 cm³/mol. The Morgan fingerprint density at radius 2 is 1.84 bits per heavy atom. The van der Waals surface area contributed by atoms with Gasteiger partial charge in [0.15, 0.2) is 4.32 Å². The minimum absolute atomic E-state index is 0.0434. The summed E-state index contributed by atoms with van der Waals surface area (Å²) in [5, 5.41) is 20.3. The molecular formula is C20H15N3O7S2. The Kier molecular flexibility index (Phi) is 7.18. The average molecular weight is 473 g/mol. The number of thioether (sulfide) groups is 1. The Balaban J connectivity index is 1.64. The van der Waals surface area contributed by atoms with Gasteiger partial charge in [-0.05, 0) is 48.1 Å². The van der Waals surface area contributed by atoms with Crippen LogP contribution in [0, 0.1) is 10.1 Å². The van der Waals surface area contributed by atoms with Gasteiger partial charge >= 0.3 is 5.97 Å². The summed E-state index contributed by atoms with van der Waals surface area (Å²) in [6, 6.07) is 11.6. The van der Waals surface area contributed by atoms with Gasteiger partial charge in [-0.3, -0.25) is 29.9 Å². The van der Waals surface area contributed by atoms with Crippen molar-refractivity contribution in [1.29, 1.82) is 0 Å². The van der Waals surface area contributed by atoms with Gasteiger partial charge in [-0.1, -0.05) is 23.9 Å². The molecule has 10 nitrogen and oxygen atoms in total. The lowest BCUT2D eigenvalue weighted by Crippen LogP contribution is -2.44. The van der Waals surface area contributed by atoms with Gasteiger partial charge in [0.25, 0.3) is 17.5 Å². The highest BCUT2D eigenvalue weighted by Crippen LogP contribution is 2.31. The molecule has 2 aromatic rings. The number of aliphatic carboxylic acids is 1. The highest BCUT2D eigenvalue weighted by molar-refractivity contribution is 8.26. The summed E-state index contributed by atoms with van der Waals surface area (Å²) in [5.41, 5.74) is 3.06. The molecule has 1 aliphatic heterocycles. The van der Waals surface area contributed by atoms with Crippen molar-refractivity contribution in [3.05, 3.63) is 74.7 Å². The van der Waals surface area contributed by atoms with E-state index in [1.807, 2.05) is 0 Å². The van der Waals surface area contributed by atoms with Crippen molar-refractivity contribution in [3.63, 3.8) is 0 Å². The van der Waals surface area contributed by atoms with Crippen molar-refractivity contribution < 1.29 is 29.2 Å². The van der Waals surface area contributed by atoms with E-state index >= 15 is 0 Å². The first-order chi connectivity index (χ1) is 15.2. The molecule has 1 saturated heterocycles. The second-order valence-corrected chi connectivity index (χ2v) is 8.00. The number of carbonyl (C=O) groups is 3. The van der Waals surface area contributed by atoms with Crippen LogP contribution in [0.3, 0.4) is 0 Å². The van der Waals surface area contributed by atoms with E-state index in [4.69, 9.17) is 22.1 Å². The van der Waals surface area contributed by atoms with Gasteiger partial charge in [0.1, 0.15) is 5.75 Å². The molecule has 0 aliphatic carbocycles. The number of amides is 2. The van der Waals surface area contributed by atoms with E-state index in [0.29, 0.717) is 16.2 Å². The molecule has 1 heterocycles. The fourth-order valence-electron chi connectivity index (χ4n) is 2.53. The predicted octanol–water partition coefficient (Wildman–Crippen LogP) is 2.99. The van der Waals surface area contributed by atoms with Crippen molar-refractivity contribution in [1.82, 2.24) is 10.4 Å². The highest BCUT2D eigenvalue weighted by Gasteiger charge is 2.33. The molecule has 2 aromatic carbocycles. The SMILES string of the molecule is O=C(O)CCOc1ccc(/C=C2/SC(=S)N(NC(=O)c3ccc([N+](=O)[O-])cc3)C2=O)cc1. The van der Waals surface area contributed by atoms with E-state index in [1.54, 1.807) is 30.3 Å². The van der Waals surface area contributed by atoms with E-state index < -0.39 is 22.7 Å². The number of carbonyl (C=O) groups excluding carboxylic acids is 2. The maximum absolute atomic E-state index is 12.7. The van der Waals surface area contributed by atoms with Crippen LogP contribution in [-0.4, -0.2) is 43.7 Å². The average Bonchev–Trinajstić information content (AvgIpc) is 3.02. The number of non-ortho nitro benzene ring substituents is 1. The minimum Gasteiger partial charge on any atom is -0.493 e. The molecule has 0 spiro atoms. The zero-order chi connectivity index (χ0) is 23.3. The first-order valence-corrected chi connectivity index (χ1v) is 10.2. The molecular weight excluding hydrogens is 458 g/mol. The molecule has 32 heavy (non-hydrogen) atoms. The second-order valence-electron chi connectivity index (χ2n) is 6.32. The number of rotatable bonds is 8. The molecule has 0 aromatic heterocycles. The number of carboxylic acids is 1. The van der Waals surface area contributed by atoms with E-state index in [1.165, 1.54) is 24.3 Å². The normalized spacial score (nSPS) is 14.5. The molecule has 2 amide bonds. The van der Waals surface area contributed by atoms with Crippen molar-refractivity contribution >= 4 is 57.8 Å². The largest absolute Gasteiger partial charge is 0.493 e. The summed E-state index contributed by atoms with van der Waals surface area (Å²) in [7, 11) is 0. The summed E-state index contributed by atoms with van der Waals surface area (Å²) in [6.07, 6.45) is 1.48. The molecule has 0 bridgehead atoms. The Bertz CT molecular complexity index is 1120. The summed E-state index contributed by atoms with van der Waals surface area (Å²) < 4.78 is 5.45. The van der Waals surface area contributed by atoms with Crippen molar-refractivity contribution in [3.8, 4) is 5.75 Å². The Labute approximate surface area is 191 Å². The van der Waals surface area contributed by atoms with Crippen LogP contribution in [0.5, 0.6) is 5.75 Å². The van der Waals surface area contributed by atoms with Gasteiger partial charge in [-0.15, -0.1) is 0 Å². The van der Waals surface area contributed by atoms with Gasteiger partial charge in [0, 0.05) is 17.7 Å². The van der Waals surface area contributed by atoms with Gasteiger partial charge < -0.3 is 9.84 Å². The smallest absolute Gasteiger partial charge is 0.306 e. The number of hydrogen-bond donors (Lipinski definition) is 2. The fraction of sp³-hybridized carbons (Fsp3) is 0.100. The van der Waals surface area contributed by atoms with E-state index in [2.05, 4.69) is 5.43 Å². The van der Waals surface area contributed by atoms with Crippen LogP contribution in [0.2, 0.25) is 0 Å². The third kappa shape index (κ3) is 5.68. The molecule has 0 radical (unpaired) electrons. The minimum atomic E-state index is -0.954. The number of hydrazine groups is 1. The number of hydrogen-bond acceptors (Lipinski definition) is 8. The lowest BCUT2D eigenvalue weighted by atomic mass is 10.2. The van der Waals surface area contributed by atoms with E-state index in [9.17, 15) is 24.5 Å². The lowest BCUT2D eigenvalue weighted by molar-refractivity contribution is -0.384. The zero-order valence-electron chi connectivity index (χ0n) is 16.2. The van der Waals surface area contributed by atoms with Crippen LogP contribution in [0.1, 0.15) is 22.3 Å². The quantitative estimate of drug-likeness (QED) is 0.256. The maximum Gasteiger partial charge on any atom is 0.306 e. The van der Waals surface area contributed by atoms with Crippen molar-refractivity contribution in [2.24, 2.45) is 0 Å². The summed E-state index contributed by atoms with van der Waals surface area (Å²) in [4.78, 5) is 46.0. The third-order valence-corrected chi connectivity index (χ3v) is 5.41. The molecule has 1 fully saturated rings. The first-order valence-electron chi connectivity index (χ1n) is 9.02. The van der Waals surface area contributed by atoms with Crippen LogP contribution < -0.4 is 10.2 Å². The number of nitro benzene ring substituents is 1. The lowest BCUT2D eigenvalue weighted by Gasteiger charge is -2.15. The maximum atomic E-state index is 12.7. The number of nitrogens with zero attached hydrogens (tertiary/aromatic N) is 2.